The van der Waals surface area contributed by atoms with Crippen molar-refractivity contribution < 1.29 is 19.0 Å². The van der Waals surface area contributed by atoms with E-state index in [0.717, 1.165) is 24.2 Å². The molecule has 0 fully saturated rings. The molecule has 2 aromatic rings. The molecule has 5 nitrogen and oxygen atoms in total. The predicted octanol–water partition coefficient (Wildman–Crippen LogP) is 2.52. The van der Waals surface area contributed by atoms with Crippen molar-refractivity contribution in [3.05, 3.63) is 59.7 Å². The van der Waals surface area contributed by atoms with Gasteiger partial charge in [-0.25, -0.2) is 4.39 Å². The Balaban J connectivity index is 2.03. The van der Waals surface area contributed by atoms with E-state index in [4.69, 9.17) is 9.47 Å². The van der Waals surface area contributed by atoms with Crippen LogP contribution in [0.2, 0.25) is 0 Å². The first-order chi connectivity index (χ1) is 12.6. The molecule has 6 heteroatoms. The number of nitrogens with zero attached hydrogens (tertiary/aromatic N) is 2. The van der Waals surface area contributed by atoms with Crippen LogP contribution < -0.4 is 0 Å². The van der Waals surface area contributed by atoms with Crippen LogP contribution in [0.4, 0.5) is 4.39 Å². The minimum absolute atomic E-state index is 0.222. The van der Waals surface area contributed by atoms with Gasteiger partial charge in [0, 0.05) is 58.9 Å². The molecule has 0 bridgehead atoms. The summed E-state index contributed by atoms with van der Waals surface area (Å²) in [5.41, 5.74) is 2.05. The van der Waals surface area contributed by atoms with Crippen LogP contribution in [0.3, 0.4) is 0 Å². The maximum atomic E-state index is 13.4. The van der Waals surface area contributed by atoms with E-state index < -0.39 is 6.10 Å². The fourth-order valence-corrected chi connectivity index (χ4v) is 3.02. The number of methoxy groups -OCH3 is 2. The fourth-order valence-electron chi connectivity index (χ4n) is 3.02. The smallest absolute Gasteiger partial charge is 0.123 e. The summed E-state index contributed by atoms with van der Waals surface area (Å²) in [4.78, 5) is 2.19. The Morgan fingerprint density at radius 1 is 1.19 bits per heavy atom. The Morgan fingerprint density at radius 2 is 2.04 bits per heavy atom. The summed E-state index contributed by atoms with van der Waals surface area (Å²) in [6.07, 6.45) is 2.36. The van der Waals surface area contributed by atoms with Gasteiger partial charge in [-0.2, -0.15) is 0 Å². The van der Waals surface area contributed by atoms with Crippen molar-refractivity contribution in [1.82, 2.24) is 9.47 Å². The number of aliphatic hydroxyl groups excluding tert-OH is 1. The summed E-state index contributed by atoms with van der Waals surface area (Å²) < 4.78 is 25.7. The van der Waals surface area contributed by atoms with Crippen LogP contribution in [-0.2, 0) is 22.6 Å². The van der Waals surface area contributed by atoms with E-state index in [1.54, 1.807) is 26.4 Å². The van der Waals surface area contributed by atoms with Gasteiger partial charge in [0.25, 0.3) is 0 Å². The molecule has 144 valence electrons. The van der Waals surface area contributed by atoms with Gasteiger partial charge in [-0.3, -0.25) is 4.90 Å². The Bertz CT molecular complexity index is 647. The molecule has 0 aliphatic heterocycles. The van der Waals surface area contributed by atoms with Crippen molar-refractivity contribution in [2.75, 3.05) is 40.5 Å². The van der Waals surface area contributed by atoms with Gasteiger partial charge < -0.3 is 19.1 Å². The number of benzene rings is 1. The maximum Gasteiger partial charge on any atom is 0.123 e. The van der Waals surface area contributed by atoms with Crippen LogP contribution in [0.5, 0.6) is 0 Å². The molecule has 1 heterocycles. The molecule has 0 unspecified atom stereocenters. The summed E-state index contributed by atoms with van der Waals surface area (Å²) in [6.45, 7) is 3.66. The molecular weight excluding hydrogens is 335 g/mol. The first-order valence-electron chi connectivity index (χ1n) is 8.89. The van der Waals surface area contributed by atoms with Crippen LogP contribution in [0.15, 0.2) is 42.6 Å². The molecule has 1 aromatic carbocycles. The molecular formula is C20H29FN2O3. The SMILES string of the molecule is COCCCN(Cc1cccn1Cc1cccc(F)c1)C[C@@H](O)COC. The highest BCUT2D eigenvalue weighted by atomic mass is 19.1. The lowest BCUT2D eigenvalue weighted by Gasteiger charge is -2.25. The zero-order chi connectivity index (χ0) is 18.8. The molecule has 1 aromatic heterocycles. The third kappa shape index (κ3) is 6.88. The van der Waals surface area contributed by atoms with Crippen LogP contribution in [-0.4, -0.2) is 61.2 Å². The van der Waals surface area contributed by atoms with E-state index >= 15 is 0 Å². The number of hydrogen-bond acceptors (Lipinski definition) is 4. The monoisotopic (exact) mass is 364 g/mol. The van der Waals surface area contributed by atoms with E-state index in [-0.39, 0.29) is 5.82 Å². The molecule has 0 radical (unpaired) electrons. The van der Waals surface area contributed by atoms with Crippen LogP contribution >= 0.6 is 0 Å². The highest BCUT2D eigenvalue weighted by Crippen LogP contribution is 2.12. The number of hydrogen-bond donors (Lipinski definition) is 1. The molecule has 26 heavy (non-hydrogen) atoms. The molecule has 1 N–H and O–H groups in total. The lowest BCUT2D eigenvalue weighted by molar-refractivity contribution is 0.0332. The topological polar surface area (TPSA) is 46.9 Å². The average molecular weight is 364 g/mol. The second kappa shape index (κ2) is 11.1. The van der Waals surface area contributed by atoms with Crippen LogP contribution in [0.1, 0.15) is 17.7 Å². The first kappa shape index (κ1) is 20.6. The van der Waals surface area contributed by atoms with Gasteiger partial charge in [0.05, 0.1) is 12.7 Å². The van der Waals surface area contributed by atoms with E-state index in [2.05, 4.69) is 15.5 Å². The normalized spacial score (nSPS) is 12.7. The van der Waals surface area contributed by atoms with Gasteiger partial charge in [0.2, 0.25) is 0 Å². The van der Waals surface area contributed by atoms with Gasteiger partial charge >= 0.3 is 0 Å². The minimum atomic E-state index is -0.533. The van der Waals surface area contributed by atoms with E-state index in [1.807, 2.05) is 18.3 Å². The fraction of sp³-hybridized carbons (Fsp3) is 0.500. The molecule has 0 spiro atoms. The number of ether oxygens (including phenoxy) is 2. The molecule has 0 saturated carbocycles. The number of aromatic nitrogens is 1. The number of halogens is 1. The second-order valence-corrected chi connectivity index (χ2v) is 6.45. The number of rotatable bonds is 12. The molecule has 0 aliphatic rings. The summed E-state index contributed by atoms with van der Waals surface area (Å²) in [5.74, 6) is -0.222. The van der Waals surface area contributed by atoms with E-state index in [9.17, 15) is 9.50 Å². The molecule has 0 aliphatic carbocycles. The summed E-state index contributed by atoms with van der Waals surface area (Å²) in [5, 5.41) is 10.1. The molecule has 1 atom stereocenters. The average Bonchev–Trinajstić information content (AvgIpc) is 3.02. The van der Waals surface area contributed by atoms with E-state index in [1.165, 1.54) is 6.07 Å². The Morgan fingerprint density at radius 3 is 2.77 bits per heavy atom. The van der Waals surface area contributed by atoms with E-state index in [0.29, 0.717) is 32.8 Å². The lowest BCUT2D eigenvalue weighted by Crippen LogP contribution is -2.36. The van der Waals surface area contributed by atoms with Crippen molar-refractivity contribution in [1.29, 1.82) is 0 Å². The zero-order valence-electron chi connectivity index (χ0n) is 15.6. The Labute approximate surface area is 155 Å². The highest BCUT2D eigenvalue weighted by molar-refractivity contribution is 5.18. The van der Waals surface area contributed by atoms with Gasteiger partial charge in [-0.15, -0.1) is 0 Å². The second-order valence-electron chi connectivity index (χ2n) is 6.45. The third-order valence-electron chi connectivity index (χ3n) is 4.20. The van der Waals surface area contributed by atoms with Crippen molar-refractivity contribution in [2.45, 2.75) is 25.6 Å². The summed E-state index contributed by atoms with van der Waals surface area (Å²) in [7, 11) is 3.27. The van der Waals surface area contributed by atoms with Crippen molar-refractivity contribution in [2.24, 2.45) is 0 Å². The largest absolute Gasteiger partial charge is 0.389 e. The Kier molecular flexibility index (Phi) is 8.77. The minimum Gasteiger partial charge on any atom is -0.389 e. The Hall–Kier alpha value is -1.73. The highest BCUT2D eigenvalue weighted by Gasteiger charge is 2.14. The van der Waals surface area contributed by atoms with Gasteiger partial charge in [0.1, 0.15) is 5.82 Å². The lowest BCUT2D eigenvalue weighted by atomic mass is 10.2. The third-order valence-corrected chi connectivity index (χ3v) is 4.20. The van der Waals surface area contributed by atoms with Gasteiger partial charge in [-0.05, 0) is 36.2 Å². The van der Waals surface area contributed by atoms with Crippen molar-refractivity contribution in [3.8, 4) is 0 Å². The van der Waals surface area contributed by atoms with Gasteiger partial charge in [0.15, 0.2) is 0 Å². The molecule has 0 amide bonds. The molecule has 0 saturated heterocycles. The summed E-state index contributed by atoms with van der Waals surface area (Å²) >= 11 is 0. The van der Waals surface area contributed by atoms with Crippen molar-refractivity contribution >= 4 is 0 Å². The standard InChI is InChI=1S/C20H29FN2O3/c1-25-11-5-9-22(15-20(24)16-26-2)14-19-8-4-10-23(19)13-17-6-3-7-18(21)12-17/h3-4,6-8,10,12,20,24H,5,9,11,13-16H2,1-2H3/t20-/m1/s1. The molecule has 2 rings (SSSR count). The van der Waals surface area contributed by atoms with Crippen LogP contribution in [0, 0.1) is 5.82 Å². The van der Waals surface area contributed by atoms with Gasteiger partial charge in [-0.1, -0.05) is 12.1 Å². The number of aliphatic hydroxyl groups is 1. The summed E-state index contributed by atoms with van der Waals surface area (Å²) in [6, 6.07) is 10.7. The quantitative estimate of drug-likeness (QED) is 0.588. The predicted molar refractivity (Wildman–Crippen MR) is 99.6 cm³/mol. The zero-order valence-corrected chi connectivity index (χ0v) is 15.6. The van der Waals surface area contributed by atoms with Crippen molar-refractivity contribution in [3.63, 3.8) is 0 Å². The maximum absolute atomic E-state index is 13.4. The van der Waals surface area contributed by atoms with Crippen LogP contribution in [0.25, 0.3) is 0 Å². The first-order valence-corrected chi connectivity index (χ1v) is 8.89.